The van der Waals surface area contributed by atoms with Crippen molar-refractivity contribution >= 4 is 17.0 Å². The third kappa shape index (κ3) is 2.04. The van der Waals surface area contributed by atoms with Crippen molar-refractivity contribution in [1.29, 1.82) is 0 Å². The molecule has 0 aliphatic heterocycles. The molecule has 1 unspecified atom stereocenters. The van der Waals surface area contributed by atoms with E-state index in [2.05, 4.69) is 37.5 Å². The molecule has 1 atom stereocenters. The monoisotopic (exact) mass is 206 g/mol. The van der Waals surface area contributed by atoms with Gasteiger partial charge in [-0.25, -0.2) is 15.0 Å². The van der Waals surface area contributed by atoms with Crippen LogP contribution in [0.5, 0.6) is 0 Å². The molecule has 0 saturated carbocycles. The summed E-state index contributed by atoms with van der Waals surface area (Å²) in [7, 11) is 1.93. The predicted molar refractivity (Wildman–Crippen MR) is 58.7 cm³/mol. The molecule has 80 valence electrons. The van der Waals surface area contributed by atoms with Gasteiger partial charge in [-0.3, -0.25) is 0 Å². The number of nitrogens with one attached hydrogen (secondary N) is 3. The molecule has 2 aromatic heterocycles. The Labute approximate surface area is 87.5 Å². The summed E-state index contributed by atoms with van der Waals surface area (Å²) in [6.07, 6.45) is 3.13. The zero-order valence-electron chi connectivity index (χ0n) is 8.78. The summed E-state index contributed by atoms with van der Waals surface area (Å²) in [5.74, 6) is 0.791. The van der Waals surface area contributed by atoms with E-state index in [4.69, 9.17) is 0 Å². The van der Waals surface area contributed by atoms with Crippen LogP contribution in [0.4, 0.5) is 5.82 Å². The van der Waals surface area contributed by atoms with Crippen molar-refractivity contribution in [3.8, 4) is 0 Å². The number of rotatable bonds is 4. The summed E-state index contributed by atoms with van der Waals surface area (Å²) in [5, 5.41) is 6.38. The molecule has 0 saturated heterocycles. The van der Waals surface area contributed by atoms with Gasteiger partial charge in [-0.15, -0.1) is 0 Å². The number of hydrogen-bond donors (Lipinski definition) is 3. The van der Waals surface area contributed by atoms with Gasteiger partial charge in [0.05, 0.1) is 6.33 Å². The van der Waals surface area contributed by atoms with Crippen molar-refractivity contribution in [2.24, 2.45) is 0 Å². The van der Waals surface area contributed by atoms with E-state index in [1.54, 1.807) is 6.33 Å². The third-order valence-electron chi connectivity index (χ3n) is 2.29. The fourth-order valence-electron chi connectivity index (χ4n) is 1.25. The van der Waals surface area contributed by atoms with E-state index in [0.717, 1.165) is 17.9 Å². The maximum atomic E-state index is 4.16. The van der Waals surface area contributed by atoms with Crippen LogP contribution < -0.4 is 10.6 Å². The zero-order valence-corrected chi connectivity index (χ0v) is 8.78. The van der Waals surface area contributed by atoms with E-state index in [1.165, 1.54) is 6.33 Å². The van der Waals surface area contributed by atoms with Crippen molar-refractivity contribution in [2.75, 3.05) is 18.9 Å². The molecule has 0 spiro atoms. The van der Waals surface area contributed by atoms with E-state index in [9.17, 15) is 0 Å². The molecule has 3 N–H and O–H groups in total. The average Bonchev–Trinajstić information content (AvgIpc) is 2.74. The predicted octanol–water partition coefficient (Wildman–Crippen LogP) is 0.373. The summed E-state index contributed by atoms with van der Waals surface area (Å²) < 4.78 is 0. The molecule has 2 heterocycles. The van der Waals surface area contributed by atoms with Gasteiger partial charge in [0.15, 0.2) is 11.5 Å². The number of H-pyrrole nitrogens is 1. The Kier molecular flexibility index (Phi) is 2.77. The molecular formula is C9H14N6. The van der Waals surface area contributed by atoms with Crippen LogP contribution in [0.3, 0.4) is 0 Å². The Morgan fingerprint density at radius 2 is 2.27 bits per heavy atom. The first-order chi connectivity index (χ1) is 7.31. The van der Waals surface area contributed by atoms with Crippen LogP contribution in [-0.2, 0) is 0 Å². The van der Waals surface area contributed by atoms with Gasteiger partial charge >= 0.3 is 0 Å². The Bertz CT molecular complexity index is 437. The van der Waals surface area contributed by atoms with Gasteiger partial charge in [0, 0.05) is 12.6 Å². The van der Waals surface area contributed by atoms with Gasteiger partial charge in [-0.05, 0) is 14.0 Å². The van der Waals surface area contributed by atoms with Crippen LogP contribution in [0, 0.1) is 0 Å². The van der Waals surface area contributed by atoms with Crippen LogP contribution in [0.2, 0.25) is 0 Å². The summed E-state index contributed by atoms with van der Waals surface area (Å²) in [6, 6.07) is 0.387. The number of likely N-dealkylation sites (N-methyl/N-ethyl adjacent to an activating group) is 1. The molecule has 0 bridgehead atoms. The highest BCUT2D eigenvalue weighted by atomic mass is 15.1. The Balaban J connectivity index is 2.17. The summed E-state index contributed by atoms with van der Waals surface area (Å²) in [5.41, 5.74) is 1.53. The average molecular weight is 206 g/mol. The van der Waals surface area contributed by atoms with Crippen LogP contribution in [0.1, 0.15) is 6.92 Å². The second kappa shape index (κ2) is 4.22. The van der Waals surface area contributed by atoms with Gasteiger partial charge in [-0.1, -0.05) is 0 Å². The number of anilines is 1. The lowest BCUT2D eigenvalue weighted by Gasteiger charge is -2.11. The number of aromatic nitrogens is 4. The standard InChI is InChI=1S/C9H14N6/c1-6(10-2)3-11-8-7-9(13-4-12-7)15-5-14-8/h4-6,10H,3H2,1-2H3,(H2,11,12,13,14,15). The highest BCUT2D eigenvalue weighted by molar-refractivity contribution is 5.81. The molecule has 0 amide bonds. The minimum absolute atomic E-state index is 0.387. The van der Waals surface area contributed by atoms with E-state index >= 15 is 0 Å². The second-order valence-electron chi connectivity index (χ2n) is 3.39. The summed E-state index contributed by atoms with van der Waals surface area (Å²) in [6.45, 7) is 2.90. The lowest BCUT2D eigenvalue weighted by atomic mass is 10.3. The SMILES string of the molecule is CNC(C)CNc1ncnc2nc[nH]c12. The van der Waals surface area contributed by atoms with Gasteiger partial charge in [0.25, 0.3) is 0 Å². The van der Waals surface area contributed by atoms with E-state index in [0.29, 0.717) is 11.7 Å². The summed E-state index contributed by atoms with van der Waals surface area (Å²) >= 11 is 0. The molecule has 15 heavy (non-hydrogen) atoms. The van der Waals surface area contributed by atoms with E-state index < -0.39 is 0 Å². The topological polar surface area (TPSA) is 78.5 Å². The molecule has 0 aliphatic rings. The van der Waals surface area contributed by atoms with Crippen molar-refractivity contribution in [3.63, 3.8) is 0 Å². The quantitative estimate of drug-likeness (QED) is 0.673. The van der Waals surface area contributed by atoms with Crippen LogP contribution in [0.15, 0.2) is 12.7 Å². The molecule has 6 heteroatoms. The van der Waals surface area contributed by atoms with Crippen molar-refractivity contribution in [3.05, 3.63) is 12.7 Å². The van der Waals surface area contributed by atoms with Crippen LogP contribution in [-0.4, -0.2) is 39.6 Å². The number of nitrogens with zero attached hydrogens (tertiary/aromatic N) is 3. The molecule has 2 rings (SSSR count). The molecule has 0 fully saturated rings. The van der Waals surface area contributed by atoms with Crippen LogP contribution in [0.25, 0.3) is 11.2 Å². The smallest absolute Gasteiger partial charge is 0.182 e. The van der Waals surface area contributed by atoms with E-state index in [1.807, 2.05) is 7.05 Å². The second-order valence-corrected chi connectivity index (χ2v) is 3.39. The largest absolute Gasteiger partial charge is 0.367 e. The zero-order chi connectivity index (χ0) is 10.7. The molecule has 0 aromatic carbocycles. The van der Waals surface area contributed by atoms with Gasteiger partial charge in [0.2, 0.25) is 0 Å². The molecular weight excluding hydrogens is 192 g/mol. The van der Waals surface area contributed by atoms with Gasteiger partial charge < -0.3 is 15.6 Å². The maximum Gasteiger partial charge on any atom is 0.182 e. The maximum absolute atomic E-state index is 4.16. The highest BCUT2D eigenvalue weighted by Crippen LogP contribution is 2.13. The minimum Gasteiger partial charge on any atom is -0.367 e. The first kappa shape index (κ1) is 9.85. The van der Waals surface area contributed by atoms with Crippen molar-refractivity contribution in [2.45, 2.75) is 13.0 Å². The van der Waals surface area contributed by atoms with Gasteiger partial charge in [-0.2, -0.15) is 0 Å². The number of aromatic amines is 1. The lowest BCUT2D eigenvalue weighted by molar-refractivity contribution is 0.637. The fraction of sp³-hybridized carbons (Fsp3) is 0.444. The lowest BCUT2D eigenvalue weighted by Crippen LogP contribution is -2.29. The highest BCUT2D eigenvalue weighted by Gasteiger charge is 2.05. The van der Waals surface area contributed by atoms with Crippen molar-refractivity contribution < 1.29 is 0 Å². The Morgan fingerprint density at radius 3 is 3.07 bits per heavy atom. The van der Waals surface area contributed by atoms with Crippen LogP contribution >= 0.6 is 0 Å². The molecule has 0 radical (unpaired) electrons. The minimum atomic E-state index is 0.387. The third-order valence-corrected chi connectivity index (χ3v) is 2.29. The van der Waals surface area contributed by atoms with Gasteiger partial charge in [0.1, 0.15) is 11.8 Å². The first-order valence-electron chi connectivity index (χ1n) is 4.86. The van der Waals surface area contributed by atoms with Crippen molar-refractivity contribution in [1.82, 2.24) is 25.3 Å². The Hall–Kier alpha value is -1.69. The molecule has 2 aromatic rings. The fourth-order valence-corrected chi connectivity index (χ4v) is 1.25. The first-order valence-corrected chi connectivity index (χ1v) is 4.86. The van der Waals surface area contributed by atoms with E-state index in [-0.39, 0.29) is 0 Å². The normalized spacial score (nSPS) is 12.9. The number of fused-ring (bicyclic) bond motifs is 1. The number of hydrogen-bond acceptors (Lipinski definition) is 5. The molecule has 6 nitrogen and oxygen atoms in total. The summed E-state index contributed by atoms with van der Waals surface area (Å²) in [4.78, 5) is 15.3. The Morgan fingerprint density at radius 1 is 1.40 bits per heavy atom. The number of imidazole rings is 1. The molecule has 0 aliphatic carbocycles.